The van der Waals surface area contributed by atoms with Gasteiger partial charge in [-0.25, -0.2) is 0 Å². The van der Waals surface area contributed by atoms with E-state index in [2.05, 4.69) is 0 Å². The molecular formula is C17H16O4. The second-order valence-electron chi connectivity index (χ2n) is 4.18. The van der Waals surface area contributed by atoms with Crippen molar-refractivity contribution in [3.8, 4) is 22.6 Å². The fraction of sp³-hybridized carbons (Fsp3) is 0.118. The van der Waals surface area contributed by atoms with E-state index in [1.807, 2.05) is 32.0 Å². The van der Waals surface area contributed by atoms with Gasteiger partial charge in [-0.3, -0.25) is 4.79 Å². The molecule has 0 atom stereocenters. The molecule has 108 valence electrons. The summed E-state index contributed by atoms with van der Waals surface area (Å²) >= 11 is 0. The Balaban J connectivity index is 0.000000774. The Labute approximate surface area is 121 Å². The first-order valence-corrected chi connectivity index (χ1v) is 6.70. The molecule has 4 nitrogen and oxygen atoms in total. The number of rotatable bonds is 1. The maximum absolute atomic E-state index is 12.4. The van der Waals surface area contributed by atoms with Crippen molar-refractivity contribution >= 4 is 11.0 Å². The van der Waals surface area contributed by atoms with E-state index < -0.39 is 0 Å². The number of fused-ring (bicyclic) bond motifs is 1. The lowest BCUT2D eigenvalue weighted by Crippen LogP contribution is -2.04. The summed E-state index contributed by atoms with van der Waals surface area (Å²) in [5.74, 6) is -0.442. The van der Waals surface area contributed by atoms with E-state index in [1.54, 1.807) is 12.1 Å². The summed E-state index contributed by atoms with van der Waals surface area (Å²) < 4.78 is 5.32. The third-order valence-electron chi connectivity index (χ3n) is 2.93. The first kappa shape index (κ1) is 14.7. The zero-order chi connectivity index (χ0) is 15.4. The van der Waals surface area contributed by atoms with Crippen LogP contribution >= 0.6 is 0 Å². The van der Waals surface area contributed by atoms with E-state index in [4.69, 9.17) is 4.42 Å². The van der Waals surface area contributed by atoms with Crippen molar-refractivity contribution in [1.82, 2.24) is 0 Å². The van der Waals surface area contributed by atoms with Gasteiger partial charge in [-0.1, -0.05) is 44.2 Å². The topological polar surface area (TPSA) is 70.7 Å². The molecule has 3 rings (SSSR count). The molecule has 0 radical (unpaired) electrons. The minimum Gasteiger partial charge on any atom is -0.508 e. The zero-order valence-electron chi connectivity index (χ0n) is 11.8. The molecule has 0 saturated carbocycles. The van der Waals surface area contributed by atoms with Crippen LogP contribution in [0.3, 0.4) is 0 Å². The van der Waals surface area contributed by atoms with Crippen LogP contribution in [0.25, 0.3) is 22.1 Å². The third-order valence-corrected chi connectivity index (χ3v) is 2.93. The number of benzene rings is 2. The number of phenolic OH excluding ortho intramolecular Hbond substituents is 2. The van der Waals surface area contributed by atoms with Crippen LogP contribution in [-0.4, -0.2) is 10.2 Å². The molecule has 0 saturated heterocycles. The highest BCUT2D eigenvalue weighted by atomic mass is 16.3. The highest BCUT2D eigenvalue weighted by Gasteiger charge is 2.13. The predicted molar refractivity (Wildman–Crippen MR) is 82.6 cm³/mol. The van der Waals surface area contributed by atoms with Gasteiger partial charge in [0, 0.05) is 12.1 Å². The van der Waals surface area contributed by atoms with Crippen LogP contribution in [0.4, 0.5) is 0 Å². The zero-order valence-corrected chi connectivity index (χ0v) is 11.8. The average molecular weight is 284 g/mol. The average Bonchev–Trinajstić information content (AvgIpc) is 2.50. The Morgan fingerprint density at radius 1 is 1.00 bits per heavy atom. The summed E-state index contributed by atoms with van der Waals surface area (Å²) in [7, 11) is 0. The van der Waals surface area contributed by atoms with Gasteiger partial charge in [-0.2, -0.15) is 0 Å². The van der Waals surface area contributed by atoms with Crippen LogP contribution in [0.2, 0.25) is 0 Å². The fourth-order valence-corrected chi connectivity index (χ4v) is 2.04. The largest absolute Gasteiger partial charge is 0.508 e. The summed E-state index contributed by atoms with van der Waals surface area (Å²) in [6.07, 6.45) is 1.33. The van der Waals surface area contributed by atoms with Crippen LogP contribution < -0.4 is 5.43 Å². The van der Waals surface area contributed by atoms with Gasteiger partial charge >= 0.3 is 0 Å². The SMILES string of the molecule is CC.O=c1c(-c2ccccc2)coc2cc(O)cc(O)c12. The monoisotopic (exact) mass is 284 g/mol. The second-order valence-corrected chi connectivity index (χ2v) is 4.18. The lowest BCUT2D eigenvalue weighted by molar-refractivity contribution is 0.452. The third kappa shape index (κ3) is 2.74. The fourth-order valence-electron chi connectivity index (χ4n) is 2.04. The Morgan fingerprint density at radius 2 is 1.67 bits per heavy atom. The molecule has 0 aliphatic rings. The molecule has 0 aliphatic heterocycles. The van der Waals surface area contributed by atoms with Crippen LogP contribution in [0.5, 0.6) is 11.5 Å². The lowest BCUT2D eigenvalue weighted by atomic mass is 10.1. The first-order chi connectivity index (χ1) is 10.2. The molecule has 1 aromatic heterocycles. The van der Waals surface area contributed by atoms with E-state index in [0.29, 0.717) is 11.1 Å². The van der Waals surface area contributed by atoms with Gasteiger partial charge in [0.15, 0.2) is 0 Å². The van der Waals surface area contributed by atoms with Crippen molar-refractivity contribution in [3.63, 3.8) is 0 Å². The van der Waals surface area contributed by atoms with E-state index >= 15 is 0 Å². The highest BCUT2D eigenvalue weighted by molar-refractivity contribution is 5.87. The van der Waals surface area contributed by atoms with Gasteiger partial charge in [0.25, 0.3) is 0 Å². The lowest BCUT2D eigenvalue weighted by Gasteiger charge is -2.04. The molecule has 2 N–H and O–H groups in total. The normalized spacial score (nSPS) is 10.0. The van der Waals surface area contributed by atoms with Gasteiger partial charge < -0.3 is 14.6 Å². The van der Waals surface area contributed by atoms with Crippen LogP contribution in [-0.2, 0) is 0 Å². The van der Waals surface area contributed by atoms with Crippen molar-refractivity contribution in [2.24, 2.45) is 0 Å². The maximum atomic E-state index is 12.4. The summed E-state index contributed by atoms with van der Waals surface area (Å²) in [5, 5.41) is 19.2. The first-order valence-electron chi connectivity index (χ1n) is 6.70. The summed E-state index contributed by atoms with van der Waals surface area (Å²) in [4.78, 5) is 12.4. The maximum Gasteiger partial charge on any atom is 0.204 e. The van der Waals surface area contributed by atoms with E-state index in [0.717, 1.165) is 6.07 Å². The van der Waals surface area contributed by atoms with E-state index in [1.165, 1.54) is 12.3 Å². The highest BCUT2D eigenvalue weighted by Crippen LogP contribution is 2.29. The Bertz CT molecular complexity index is 804. The van der Waals surface area contributed by atoms with Crippen LogP contribution in [0.1, 0.15) is 13.8 Å². The standard InChI is InChI=1S/C15H10O4.C2H6/c16-10-6-12(17)14-13(7-10)19-8-11(15(14)18)9-4-2-1-3-5-9;1-2/h1-8,16-17H;1-2H3. The number of hydrogen-bond donors (Lipinski definition) is 2. The van der Waals surface area contributed by atoms with Crippen molar-refractivity contribution in [1.29, 1.82) is 0 Å². The summed E-state index contributed by atoms with van der Waals surface area (Å²) in [6.45, 7) is 4.00. The quantitative estimate of drug-likeness (QED) is 0.711. The van der Waals surface area contributed by atoms with Gasteiger partial charge in [0.2, 0.25) is 5.43 Å². The Hall–Kier alpha value is -2.75. The molecule has 0 bridgehead atoms. The number of hydrogen-bond acceptors (Lipinski definition) is 4. The van der Waals surface area contributed by atoms with Crippen molar-refractivity contribution in [3.05, 3.63) is 59.0 Å². The molecule has 3 aromatic rings. The molecule has 1 heterocycles. The minimum atomic E-state index is -0.329. The van der Waals surface area contributed by atoms with Crippen molar-refractivity contribution < 1.29 is 14.6 Å². The number of aromatic hydroxyl groups is 2. The molecule has 0 unspecified atom stereocenters. The molecular weight excluding hydrogens is 268 g/mol. The van der Waals surface area contributed by atoms with Gasteiger partial charge in [0.1, 0.15) is 28.7 Å². The van der Waals surface area contributed by atoms with Crippen molar-refractivity contribution in [2.75, 3.05) is 0 Å². The second kappa shape index (κ2) is 6.13. The summed E-state index contributed by atoms with van der Waals surface area (Å²) in [6, 6.07) is 11.5. The van der Waals surface area contributed by atoms with E-state index in [9.17, 15) is 15.0 Å². The van der Waals surface area contributed by atoms with Gasteiger partial charge in [0.05, 0.1) is 5.56 Å². The Kier molecular flexibility index (Phi) is 4.28. The van der Waals surface area contributed by atoms with E-state index in [-0.39, 0.29) is 27.9 Å². The molecule has 2 aromatic carbocycles. The van der Waals surface area contributed by atoms with Crippen LogP contribution in [0, 0.1) is 0 Å². The van der Waals surface area contributed by atoms with Gasteiger partial charge in [-0.15, -0.1) is 0 Å². The Morgan fingerprint density at radius 3 is 2.33 bits per heavy atom. The smallest absolute Gasteiger partial charge is 0.204 e. The minimum absolute atomic E-state index is 0.0687. The molecule has 4 heteroatoms. The van der Waals surface area contributed by atoms with Crippen molar-refractivity contribution in [2.45, 2.75) is 13.8 Å². The van der Waals surface area contributed by atoms with Gasteiger partial charge in [-0.05, 0) is 5.56 Å². The van der Waals surface area contributed by atoms with Crippen LogP contribution in [0.15, 0.2) is 57.9 Å². The molecule has 0 spiro atoms. The molecule has 0 aliphatic carbocycles. The summed E-state index contributed by atoms with van der Waals surface area (Å²) in [5.41, 5.74) is 0.909. The predicted octanol–water partition coefficient (Wildman–Crippen LogP) is 3.90. The molecule has 0 amide bonds. The molecule has 21 heavy (non-hydrogen) atoms. The molecule has 0 fully saturated rings. The number of phenols is 2.